The molecule has 1 N–H and O–H groups in total. The minimum atomic E-state index is -0.341. The van der Waals surface area contributed by atoms with Crippen LogP contribution in [0.25, 0.3) is 0 Å². The molecule has 0 radical (unpaired) electrons. The third kappa shape index (κ3) is 5.90. The molecule has 0 heterocycles. The van der Waals surface area contributed by atoms with Crippen molar-refractivity contribution in [2.45, 2.75) is 33.0 Å². The SMILES string of the molecule is C/C=C\[C@@H](C)[C@@H](O)CCOCc1ccc(OC)cc1. The van der Waals surface area contributed by atoms with Crippen molar-refractivity contribution in [3.05, 3.63) is 42.0 Å². The second-order valence-corrected chi connectivity index (χ2v) is 4.64. The van der Waals surface area contributed by atoms with E-state index < -0.39 is 0 Å². The maximum Gasteiger partial charge on any atom is 0.118 e. The van der Waals surface area contributed by atoms with Crippen molar-refractivity contribution in [2.75, 3.05) is 13.7 Å². The van der Waals surface area contributed by atoms with Crippen molar-refractivity contribution in [3.8, 4) is 5.75 Å². The first-order valence-corrected chi connectivity index (χ1v) is 6.69. The van der Waals surface area contributed by atoms with Crippen LogP contribution in [0.3, 0.4) is 0 Å². The zero-order valence-corrected chi connectivity index (χ0v) is 12.0. The highest BCUT2D eigenvalue weighted by Gasteiger charge is 2.10. The van der Waals surface area contributed by atoms with Gasteiger partial charge in [-0.05, 0) is 31.0 Å². The Morgan fingerprint density at radius 1 is 1.26 bits per heavy atom. The normalized spacial score (nSPS) is 14.5. The Bertz CT molecular complexity index is 370. The molecule has 19 heavy (non-hydrogen) atoms. The molecule has 0 aliphatic heterocycles. The van der Waals surface area contributed by atoms with Gasteiger partial charge in [0.1, 0.15) is 5.75 Å². The first-order valence-electron chi connectivity index (χ1n) is 6.69. The van der Waals surface area contributed by atoms with E-state index in [0.29, 0.717) is 19.6 Å². The molecule has 106 valence electrons. The van der Waals surface area contributed by atoms with E-state index in [2.05, 4.69) is 0 Å². The number of methoxy groups -OCH3 is 1. The van der Waals surface area contributed by atoms with Gasteiger partial charge >= 0.3 is 0 Å². The van der Waals surface area contributed by atoms with E-state index >= 15 is 0 Å². The van der Waals surface area contributed by atoms with Gasteiger partial charge in [-0.1, -0.05) is 31.2 Å². The van der Waals surface area contributed by atoms with Gasteiger partial charge in [0.15, 0.2) is 0 Å². The lowest BCUT2D eigenvalue weighted by Gasteiger charge is -2.15. The molecule has 0 fully saturated rings. The Balaban J connectivity index is 2.23. The van der Waals surface area contributed by atoms with Crippen molar-refractivity contribution in [2.24, 2.45) is 5.92 Å². The monoisotopic (exact) mass is 264 g/mol. The van der Waals surface area contributed by atoms with Crippen molar-refractivity contribution < 1.29 is 14.6 Å². The summed E-state index contributed by atoms with van der Waals surface area (Å²) in [5.41, 5.74) is 1.11. The van der Waals surface area contributed by atoms with Crippen LogP contribution >= 0.6 is 0 Å². The number of rotatable bonds is 8. The quantitative estimate of drug-likeness (QED) is 0.579. The van der Waals surface area contributed by atoms with Crippen LogP contribution < -0.4 is 4.74 Å². The van der Waals surface area contributed by atoms with E-state index in [4.69, 9.17) is 9.47 Å². The molecule has 0 unspecified atom stereocenters. The minimum Gasteiger partial charge on any atom is -0.497 e. The lowest BCUT2D eigenvalue weighted by Crippen LogP contribution is -2.18. The van der Waals surface area contributed by atoms with Gasteiger partial charge in [0.2, 0.25) is 0 Å². The minimum absolute atomic E-state index is 0.176. The van der Waals surface area contributed by atoms with Crippen LogP contribution in [-0.2, 0) is 11.3 Å². The molecule has 0 saturated carbocycles. The lowest BCUT2D eigenvalue weighted by molar-refractivity contribution is 0.0589. The van der Waals surface area contributed by atoms with Crippen LogP contribution in [0.4, 0.5) is 0 Å². The fourth-order valence-electron chi connectivity index (χ4n) is 1.81. The van der Waals surface area contributed by atoms with Gasteiger partial charge in [0.05, 0.1) is 19.8 Å². The van der Waals surface area contributed by atoms with Gasteiger partial charge < -0.3 is 14.6 Å². The number of aliphatic hydroxyl groups excluding tert-OH is 1. The van der Waals surface area contributed by atoms with E-state index in [1.807, 2.05) is 50.3 Å². The maximum absolute atomic E-state index is 9.87. The molecule has 3 nitrogen and oxygen atoms in total. The Morgan fingerprint density at radius 2 is 1.95 bits per heavy atom. The van der Waals surface area contributed by atoms with E-state index in [-0.39, 0.29) is 12.0 Å². The highest BCUT2D eigenvalue weighted by atomic mass is 16.5. The largest absolute Gasteiger partial charge is 0.497 e. The average molecular weight is 264 g/mol. The summed E-state index contributed by atoms with van der Waals surface area (Å²) in [7, 11) is 1.65. The summed E-state index contributed by atoms with van der Waals surface area (Å²) in [4.78, 5) is 0. The Labute approximate surface area is 115 Å². The van der Waals surface area contributed by atoms with E-state index in [1.54, 1.807) is 7.11 Å². The predicted octanol–water partition coefficient (Wildman–Crippen LogP) is 3.18. The topological polar surface area (TPSA) is 38.7 Å². The molecule has 0 aliphatic rings. The highest BCUT2D eigenvalue weighted by Crippen LogP contribution is 2.13. The van der Waals surface area contributed by atoms with Gasteiger partial charge in [0, 0.05) is 12.5 Å². The summed E-state index contributed by atoms with van der Waals surface area (Å²) in [6.07, 6.45) is 4.29. The van der Waals surface area contributed by atoms with E-state index in [0.717, 1.165) is 11.3 Å². The number of hydrogen-bond donors (Lipinski definition) is 1. The summed E-state index contributed by atoms with van der Waals surface area (Å²) in [6, 6.07) is 7.80. The van der Waals surface area contributed by atoms with Crippen LogP contribution in [0, 0.1) is 5.92 Å². The molecule has 0 spiro atoms. The molecule has 0 aliphatic carbocycles. The third-order valence-corrected chi connectivity index (χ3v) is 3.09. The summed E-state index contributed by atoms with van der Waals surface area (Å²) < 4.78 is 10.7. The first kappa shape index (κ1) is 15.7. The Hall–Kier alpha value is -1.32. The molecule has 1 aromatic rings. The van der Waals surface area contributed by atoms with Crippen molar-refractivity contribution in [1.82, 2.24) is 0 Å². The van der Waals surface area contributed by atoms with Crippen LogP contribution in [0.15, 0.2) is 36.4 Å². The Kier molecular flexibility index (Phi) is 7.23. The van der Waals surface area contributed by atoms with Crippen molar-refractivity contribution >= 4 is 0 Å². The van der Waals surface area contributed by atoms with Crippen LogP contribution in [-0.4, -0.2) is 24.9 Å². The molecule has 0 saturated heterocycles. The standard InChI is InChI=1S/C16H24O3/c1-4-5-13(2)16(17)10-11-19-12-14-6-8-15(18-3)9-7-14/h4-9,13,16-17H,10-12H2,1-3H3/b5-4-/t13-,16+/m1/s1. The smallest absolute Gasteiger partial charge is 0.118 e. The molecule has 3 heteroatoms. The number of aliphatic hydroxyl groups is 1. The van der Waals surface area contributed by atoms with Crippen LogP contribution in [0.2, 0.25) is 0 Å². The fraction of sp³-hybridized carbons (Fsp3) is 0.500. The molecule has 2 atom stereocenters. The van der Waals surface area contributed by atoms with Crippen LogP contribution in [0.5, 0.6) is 5.75 Å². The van der Waals surface area contributed by atoms with Crippen molar-refractivity contribution in [1.29, 1.82) is 0 Å². The molecule has 0 amide bonds. The summed E-state index contributed by atoms with van der Waals surface area (Å²) in [5, 5.41) is 9.87. The number of allylic oxidation sites excluding steroid dienone is 1. The summed E-state index contributed by atoms with van der Waals surface area (Å²) in [6.45, 7) is 5.10. The fourth-order valence-corrected chi connectivity index (χ4v) is 1.81. The zero-order valence-electron chi connectivity index (χ0n) is 12.0. The van der Waals surface area contributed by atoms with E-state index in [9.17, 15) is 5.11 Å². The zero-order chi connectivity index (χ0) is 14.1. The second kappa shape index (κ2) is 8.73. The molecular formula is C16H24O3. The van der Waals surface area contributed by atoms with Crippen LogP contribution in [0.1, 0.15) is 25.8 Å². The molecule has 0 bridgehead atoms. The maximum atomic E-state index is 9.87. The molecule has 1 aromatic carbocycles. The highest BCUT2D eigenvalue weighted by molar-refractivity contribution is 5.26. The van der Waals surface area contributed by atoms with Gasteiger partial charge in [-0.25, -0.2) is 0 Å². The third-order valence-electron chi connectivity index (χ3n) is 3.09. The van der Waals surface area contributed by atoms with Crippen molar-refractivity contribution in [3.63, 3.8) is 0 Å². The number of hydrogen-bond acceptors (Lipinski definition) is 3. The van der Waals surface area contributed by atoms with Gasteiger partial charge in [-0.3, -0.25) is 0 Å². The first-order chi connectivity index (χ1) is 9.17. The molecule has 0 aromatic heterocycles. The molecular weight excluding hydrogens is 240 g/mol. The lowest BCUT2D eigenvalue weighted by atomic mass is 10.0. The second-order valence-electron chi connectivity index (χ2n) is 4.64. The van der Waals surface area contributed by atoms with Gasteiger partial charge in [0.25, 0.3) is 0 Å². The van der Waals surface area contributed by atoms with Gasteiger partial charge in [-0.2, -0.15) is 0 Å². The van der Waals surface area contributed by atoms with E-state index in [1.165, 1.54) is 0 Å². The summed E-state index contributed by atoms with van der Waals surface area (Å²) >= 11 is 0. The number of benzene rings is 1. The average Bonchev–Trinajstić information content (AvgIpc) is 2.44. The molecule has 1 rings (SSSR count). The Morgan fingerprint density at radius 3 is 2.53 bits per heavy atom. The predicted molar refractivity (Wildman–Crippen MR) is 77.3 cm³/mol. The summed E-state index contributed by atoms with van der Waals surface area (Å²) in [5.74, 6) is 1.02. The number of ether oxygens (including phenoxy) is 2. The van der Waals surface area contributed by atoms with Gasteiger partial charge in [-0.15, -0.1) is 0 Å².